The van der Waals surface area contributed by atoms with Gasteiger partial charge in [0.15, 0.2) is 0 Å². The van der Waals surface area contributed by atoms with E-state index in [4.69, 9.17) is 5.26 Å². The topological polar surface area (TPSA) is 68.2 Å². The van der Waals surface area contributed by atoms with Crippen LogP contribution in [-0.2, 0) is 6.54 Å². The molecule has 0 spiro atoms. The van der Waals surface area contributed by atoms with Crippen LogP contribution in [0.3, 0.4) is 0 Å². The van der Waals surface area contributed by atoms with Gasteiger partial charge in [-0.1, -0.05) is 55.1 Å². The Kier molecular flexibility index (Phi) is 7.52. The quantitative estimate of drug-likeness (QED) is 0.447. The number of aryl methyl sites for hydroxylation is 2. The Morgan fingerprint density at radius 1 is 1.03 bits per heavy atom. The second-order valence-electron chi connectivity index (χ2n) is 9.22. The SMILES string of the molecule is C=C(c1cc(NC(=O)NCc2ccccc2)c(C)cc1C)N1CCC(c2ccc(C#N)cc2)CC1. The maximum Gasteiger partial charge on any atom is 0.319 e. The summed E-state index contributed by atoms with van der Waals surface area (Å²) in [6.45, 7) is 10.9. The normalized spacial score (nSPS) is 13.7. The fraction of sp³-hybridized carbons (Fsp3) is 0.267. The highest BCUT2D eigenvalue weighted by molar-refractivity contribution is 5.91. The van der Waals surface area contributed by atoms with Crippen molar-refractivity contribution in [3.8, 4) is 6.07 Å². The molecule has 1 saturated heterocycles. The molecule has 1 aliphatic heterocycles. The lowest BCUT2D eigenvalue weighted by Crippen LogP contribution is -2.32. The first-order chi connectivity index (χ1) is 16.9. The number of carbonyl (C=O) groups is 1. The average Bonchev–Trinajstić information content (AvgIpc) is 2.89. The number of nitrogens with one attached hydrogen (secondary N) is 2. The van der Waals surface area contributed by atoms with Crippen LogP contribution in [0.15, 0.2) is 73.3 Å². The maximum absolute atomic E-state index is 12.5. The highest BCUT2D eigenvalue weighted by atomic mass is 16.2. The molecule has 3 aromatic carbocycles. The van der Waals surface area contributed by atoms with Crippen LogP contribution >= 0.6 is 0 Å². The van der Waals surface area contributed by atoms with Gasteiger partial charge < -0.3 is 15.5 Å². The number of anilines is 1. The van der Waals surface area contributed by atoms with E-state index < -0.39 is 0 Å². The van der Waals surface area contributed by atoms with Gasteiger partial charge in [0.1, 0.15) is 0 Å². The van der Waals surface area contributed by atoms with Crippen LogP contribution in [0.25, 0.3) is 5.70 Å². The number of likely N-dealkylation sites (tertiary alicyclic amines) is 1. The molecule has 0 saturated carbocycles. The molecule has 0 aromatic heterocycles. The van der Waals surface area contributed by atoms with Crippen LogP contribution in [0.2, 0.25) is 0 Å². The van der Waals surface area contributed by atoms with E-state index in [1.165, 1.54) is 5.56 Å². The van der Waals surface area contributed by atoms with Crippen LogP contribution in [0, 0.1) is 25.2 Å². The van der Waals surface area contributed by atoms with E-state index in [-0.39, 0.29) is 6.03 Å². The molecule has 1 aliphatic rings. The smallest absolute Gasteiger partial charge is 0.319 e. The third-order valence-corrected chi connectivity index (χ3v) is 6.81. The first-order valence-corrected chi connectivity index (χ1v) is 12.1. The van der Waals surface area contributed by atoms with Crippen molar-refractivity contribution in [1.82, 2.24) is 10.2 Å². The van der Waals surface area contributed by atoms with Crippen LogP contribution < -0.4 is 10.6 Å². The summed E-state index contributed by atoms with van der Waals surface area (Å²) in [4.78, 5) is 14.9. The van der Waals surface area contributed by atoms with E-state index in [0.717, 1.165) is 59.6 Å². The van der Waals surface area contributed by atoms with Crippen molar-refractivity contribution in [2.24, 2.45) is 0 Å². The Balaban J connectivity index is 1.39. The first-order valence-electron chi connectivity index (χ1n) is 12.1. The predicted octanol–water partition coefficient (Wildman–Crippen LogP) is 6.35. The fourth-order valence-corrected chi connectivity index (χ4v) is 4.73. The molecule has 1 fully saturated rings. The zero-order valence-electron chi connectivity index (χ0n) is 20.5. The first kappa shape index (κ1) is 24.1. The molecular weight excluding hydrogens is 432 g/mol. The van der Waals surface area contributed by atoms with Gasteiger partial charge in [-0.05, 0) is 73.1 Å². The number of nitrogens with zero attached hydrogens (tertiary/aromatic N) is 2. The molecule has 35 heavy (non-hydrogen) atoms. The average molecular weight is 465 g/mol. The Hall–Kier alpha value is -4.04. The number of nitriles is 1. The number of urea groups is 1. The Bertz CT molecular complexity index is 1230. The summed E-state index contributed by atoms with van der Waals surface area (Å²) in [5.74, 6) is 0.497. The van der Waals surface area contributed by atoms with Gasteiger partial charge in [0.25, 0.3) is 0 Å². The molecular formula is C30H32N4O. The number of piperidine rings is 1. The van der Waals surface area contributed by atoms with Gasteiger partial charge in [0.2, 0.25) is 0 Å². The molecule has 3 aromatic rings. The zero-order valence-corrected chi connectivity index (χ0v) is 20.5. The van der Waals surface area contributed by atoms with Crippen molar-refractivity contribution in [2.45, 2.75) is 39.2 Å². The molecule has 4 rings (SSSR count). The molecule has 0 unspecified atom stereocenters. The number of hydrogen-bond acceptors (Lipinski definition) is 3. The van der Waals surface area contributed by atoms with Crippen molar-refractivity contribution in [1.29, 1.82) is 5.26 Å². The largest absolute Gasteiger partial charge is 0.371 e. The molecule has 0 radical (unpaired) electrons. The summed E-state index contributed by atoms with van der Waals surface area (Å²) in [7, 11) is 0. The Labute approximate surface area is 208 Å². The molecule has 1 heterocycles. The van der Waals surface area contributed by atoms with Crippen LogP contribution in [0.1, 0.15) is 52.1 Å². The Morgan fingerprint density at radius 2 is 1.71 bits per heavy atom. The maximum atomic E-state index is 12.5. The van der Waals surface area contributed by atoms with E-state index >= 15 is 0 Å². The molecule has 0 aliphatic carbocycles. The van der Waals surface area contributed by atoms with E-state index in [1.54, 1.807) is 0 Å². The van der Waals surface area contributed by atoms with Gasteiger partial charge >= 0.3 is 6.03 Å². The van der Waals surface area contributed by atoms with Gasteiger partial charge in [-0.15, -0.1) is 0 Å². The van der Waals surface area contributed by atoms with E-state index in [0.29, 0.717) is 18.0 Å². The summed E-state index contributed by atoms with van der Waals surface area (Å²) >= 11 is 0. The number of carbonyl (C=O) groups excluding carboxylic acids is 1. The van der Waals surface area contributed by atoms with Gasteiger partial charge in [-0.25, -0.2) is 4.79 Å². The van der Waals surface area contributed by atoms with Crippen LogP contribution in [0.5, 0.6) is 0 Å². The molecule has 5 nitrogen and oxygen atoms in total. The monoisotopic (exact) mass is 464 g/mol. The van der Waals surface area contributed by atoms with Crippen LogP contribution in [-0.4, -0.2) is 24.0 Å². The van der Waals surface area contributed by atoms with E-state index in [9.17, 15) is 4.79 Å². The van der Waals surface area contributed by atoms with Crippen LogP contribution in [0.4, 0.5) is 10.5 Å². The van der Waals surface area contributed by atoms with Gasteiger partial charge in [0, 0.05) is 36.6 Å². The third kappa shape index (κ3) is 5.91. The van der Waals surface area contributed by atoms with Gasteiger partial charge in [-0.2, -0.15) is 5.26 Å². The van der Waals surface area contributed by atoms with Gasteiger partial charge in [0.05, 0.1) is 11.6 Å². The zero-order chi connectivity index (χ0) is 24.8. The van der Waals surface area contributed by atoms with E-state index in [1.807, 2.05) is 55.5 Å². The minimum atomic E-state index is -0.222. The predicted molar refractivity (Wildman–Crippen MR) is 142 cm³/mol. The van der Waals surface area contributed by atoms with Crippen molar-refractivity contribution < 1.29 is 4.79 Å². The summed E-state index contributed by atoms with van der Waals surface area (Å²) in [5.41, 5.74) is 8.08. The van der Waals surface area contributed by atoms with E-state index in [2.05, 4.69) is 53.3 Å². The second-order valence-corrected chi connectivity index (χ2v) is 9.22. The minimum Gasteiger partial charge on any atom is -0.371 e. The number of hydrogen-bond donors (Lipinski definition) is 2. The van der Waals surface area contributed by atoms with Crippen molar-refractivity contribution in [3.05, 3.63) is 107 Å². The molecule has 0 bridgehead atoms. The number of amides is 2. The summed E-state index contributed by atoms with van der Waals surface area (Å²) < 4.78 is 0. The van der Waals surface area contributed by atoms with Crippen molar-refractivity contribution >= 4 is 17.4 Å². The third-order valence-electron chi connectivity index (χ3n) is 6.81. The standard InChI is InChI=1S/C30H32N4O/c1-21-17-22(2)29(33-30(35)32-20-25-7-5-4-6-8-25)18-28(21)23(3)34-15-13-27(14-16-34)26-11-9-24(19-31)10-12-26/h4-12,17-18,27H,3,13-16,20H2,1-2H3,(H2,32,33,35). The highest BCUT2D eigenvalue weighted by Crippen LogP contribution is 2.33. The molecule has 5 heteroatoms. The minimum absolute atomic E-state index is 0.222. The summed E-state index contributed by atoms with van der Waals surface area (Å²) in [6.07, 6.45) is 2.09. The highest BCUT2D eigenvalue weighted by Gasteiger charge is 2.23. The molecule has 0 atom stereocenters. The molecule has 178 valence electrons. The Morgan fingerprint density at radius 3 is 2.37 bits per heavy atom. The fourth-order valence-electron chi connectivity index (χ4n) is 4.73. The summed E-state index contributed by atoms with van der Waals surface area (Å²) in [6, 6.07) is 24.0. The van der Waals surface area contributed by atoms with Crippen molar-refractivity contribution in [3.63, 3.8) is 0 Å². The van der Waals surface area contributed by atoms with Gasteiger partial charge in [-0.3, -0.25) is 0 Å². The van der Waals surface area contributed by atoms with Crippen molar-refractivity contribution in [2.75, 3.05) is 18.4 Å². The summed E-state index contributed by atoms with van der Waals surface area (Å²) in [5, 5.41) is 15.0. The molecule has 2 N–H and O–H groups in total. The molecule has 2 amide bonds. The lowest BCUT2D eigenvalue weighted by atomic mass is 9.88. The lowest BCUT2D eigenvalue weighted by molar-refractivity contribution is 0.251. The lowest BCUT2D eigenvalue weighted by Gasteiger charge is -2.35. The number of benzene rings is 3. The number of rotatable bonds is 6. The second kappa shape index (κ2) is 10.9.